The number of aromatic amines is 1. The summed E-state index contributed by atoms with van der Waals surface area (Å²) in [5.74, 6) is -0.138. The van der Waals surface area contributed by atoms with E-state index in [0.29, 0.717) is 48.5 Å². The summed E-state index contributed by atoms with van der Waals surface area (Å²) < 4.78 is 6.98. The van der Waals surface area contributed by atoms with E-state index in [0.717, 1.165) is 27.7 Å². The summed E-state index contributed by atoms with van der Waals surface area (Å²) in [6.07, 6.45) is 3.03. The Morgan fingerprint density at radius 3 is 2.83 bits per heavy atom. The Morgan fingerprint density at radius 1 is 1.30 bits per heavy atom. The first-order valence-corrected chi connectivity index (χ1v) is 10.2. The molecule has 156 valence electrons. The zero-order chi connectivity index (χ0) is 21.0. The molecule has 9 nitrogen and oxygen atoms in total. The first kappa shape index (κ1) is 19.1. The van der Waals surface area contributed by atoms with Gasteiger partial charge in [-0.1, -0.05) is 23.2 Å². The number of nitrogens with one attached hydrogen (secondary N) is 1. The molecule has 0 aliphatic carbocycles. The average molecular weight is 449 g/mol. The van der Waals surface area contributed by atoms with Gasteiger partial charge >= 0.3 is 6.09 Å². The Kier molecular flexibility index (Phi) is 4.52. The highest BCUT2D eigenvalue weighted by molar-refractivity contribution is 6.46. The Bertz CT molecular complexity index is 1170. The third-order valence-electron chi connectivity index (χ3n) is 5.60. The van der Waals surface area contributed by atoms with E-state index < -0.39 is 6.09 Å². The number of nitrogens with zero attached hydrogens (tertiary/aromatic N) is 4. The van der Waals surface area contributed by atoms with E-state index in [2.05, 4.69) is 14.8 Å². The summed E-state index contributed by atoms with van der Waals surface area (Å²) in [6.45, 7) is 2.08. The molecule has 0 atom stereocenters. The zero-order valence-corrected chi connectivity index (χ0v) is 17.3. The number of rotatable bonds is 3. The average Bonchev–Trinajstić information content (AvgIpc) is 3.45. The van der Waals surface area contributed by atoms with Gasteiger partial charge < -0.3 is 19.9 Å². The lowest BCUT2D eigenvalue weighted by molar-refractivity contribution is -0.133. The molecule has 0 unspecified atom stereocenters. The predicted molar refractivity (Wildman–Crippen MR) is 112 cm³/mol. The van der Waals surface area contributed by atoms with Crippen molar-refractivity contribution < 1.29 is 14.3 Å². The van der Waals surface area contributed by atoms with Crippen molar-refractivity contribution in [2.75, 3.05) is 32.0 Å². The number of hydrogen-bond acceptors (Lipinski definition) is 5. The van der Waals surface area contributed by atoms with Crippen molar-refractivity contribution in [2.24, 2.45) is 0 Å². The van der Waals surface area contributed by atoms with Crippen LogP contribution in [-0.4, -0.2) is 62.8 Å². The van der Waals surface area contributed by atoms with Gasteiger partial charge in [0.05, 0.1) is 34.8 Å². The number of hydrogen-bond donors (Lipinski definition) is 2. The van der Waals surface area contributed by atoms with E-state index >= 15 is 0 Å². The van der Waals surface area contributed by atoms with Crippen molar-refractivity contribution in [1.82, 2.24) is 24.6 Å². The molecule has 0 spiro atoms. The van der Waals surface area contributed by atoms with Crippen LogP contribution >= 0.6 is 23.2 Å². The van der Waals surface area contributed by atoms with Gasteiger partial charge in [-0.25, -0.2) is 4.79 Å². The lowest BCUT2D eigenvalue weighted by Gasteiger charge is -2.30. The summed E-state index contributed by atoms with van der Waals surface area (Å²) >= 11 is 12.9. The standard InChI is InChI=1S/C19H18Cl2N6O3/c20-11-5-12(22)16-15(10-6-23-24-7-10)13-8-25(1-2-27(13)18(16)17(11)21)14(28)9-26-3-4-30-19(26)29/h5-7H,1-4,8-9,22H2,(H,23,24). The molecule has 1 fully saturated rings. The Balaban J connectivity index is 1.59. The van der Waals surface area contributed by atoms with E-state index in [1.807, 2.05) is 0 Å². The van der Waals surface area contributed by atoms with Crippen LogP contribution < -0.4 is 5.73 Å². The molecule has 0 radical (unpaired) electrons. The molecular formula is C19H18Cl2N6O3. The number of nitrogen functional groups attached to an aromatic ring is 1. The molecule has 3 N–H and O–H groups in total. The van der Waals surface area contributed by atoms with Crippen LogP contribution in [0.1, 0.15) is 5.69 Å². The number of aromatic nitrogens is 3. The van der Waals surface area contributed by atoms with E-state index in [-0.39, 0.29) is 12.5 Å². The van der Waals surface area contributed by atoms with Gasteiger partial charge in [-0.05, 0) is 6.07 Å². The summed E-state index contributed by atoms with van der Waals surface area (Å²) in [7, 11) is 0. The SMILES string of the molecule is Nc1cc(Cl)c(Cl)c2c1c(-c1cn[nH]c1)c1n2CCN(C(=O)CN2CCOC2=O)C1. The van der Waals surface area contributed by atoms with E-state index in [1.165, 1.54) is 4.90 Å². The highest BCUT2D eigenvalue weighted by atomic mass is 35.5. The Labute approximate surface area is 181 Å². The maximum atomic E-state index is 12.9. The van der Waals surface area contributed by atoms with Crippen LogP contribution in [0.25, 0.3) is 22.0 Å². The van der Waals surface area contributed by atoms with Gasteiger partial charge in [0.25, 0.3) is 0 Å². The molecule has 0 bridgehead atoms. The van der Waals surface area contributed by atoms with Crippen LogP contribution in [0, 0.1) is 0 Å². The molecule has 11 heteroatoms. The van der Waals surface area contributed by atoms with Crippen molar-refractivity contribution in [2.45, 2.75) is 13.1 Å². The Morgan fingerprint density at radius 2 is 2.13 bits per heavy atom. The van der Waals surface area contributed by atoms with Crippen molar-refractivity contribution in [1.29, 1.82) is 0 Å². The molecule has 0 saturated carbocycles. The normalized spacial score (nSPS) is 16.3. The fraction of sp³-hybridized carbons (Fsp3) is 0.316. The first-order chi connectivity index (χ1) is 14.5. The van der Waals surface area contributed by atoms with Gasteiger partial charge in [-0.2, -0.15) is 5.10 Å². The lowest BCUT2D eigenvalue weighted by atomic mass is 10.0. The molecule has 2 amide bonds. The van der Waals surface area contributed by atoms with Crippen molar-refractivity contribution in [3.63, 3.8) is 0 Å². The second-order valence-electron chi connectivity index (χ2n) is 7.30. The fourth-order valence-corrected chi connectivity index (χ4v) is 4.66. The van der Waals surface area contributed by atoms with E-state index in [1.54, 1.807) is 23.4 Å². The van der Waals surface area contributed by atoms with Crippen LogP contribution in [0.5, 0.6) is 0 Å². The number of ether oxygens (including phenoxy) is 1. The highest BCUT2D eigenvalue weighted by Gasteiger charge is 2.32. The van der Waals surface area contributed by atoms with Gasteiger partial charge in [0.1, 0.15) is 13.2 Å². The number of anilines is 1. The molecule has 30 heavy (non-hydrogen) atoms. The fourth-order valence-electron chi connectivity index (χ4n) is 4.20. The van der Waals surface area contributed by atoms with Gasteiger partial charge in [0, 0.05) is 47.2 Å². The van der Waals surface area contributed by atoms with E-state index in [4.69, 9.17) is 33.7 Å². The van der Waals surface area contributed by atoms with Crippen LogP contribution in [-0.2, 0) is 22.6 Å². The highest BCUT2D eigenvalue weighted by Crippen LogP contribution is 2.45. The second-order valence-corrected chi connectivity index (χ2v) is 8.08. The molecule has 5 rings (SSSR count). The molecule has 4 heterocycles. The lowest BCUT2D eigenvalue weighted by Crippen LogP contribution is -2.44. The molecule has 2 aliphatic heterocycles. The number of H-pyrrole nitrogens is 1. The Hall–Kier alpha value is -2.91. The maximum absolute atomic E-state index is 12.9. The number of carbonyl (C=O) groups excluding carboxylic acids is 2. The summed E-state index contributed by atoms with van der Waals surface area (Å²) in [4.78, 5) is 27.7. The minimum absolute atomic E-state index is 0.00513. The van der Waals surface area contributed by atoms with Crippen LogP contribution in [0.4, 0.5) is 10.5 Å². The number of halogens is 2. The predicted octanol–water partition coefficient (Wildman–Crippen LogP) is 2.71. The zero-order valence-electron chi connectivity index (χ0n) is 15.8. The molecule has 2 aliphatic rings. The molecular weight excluding hydrogens is 431 g/mol. The van der Waals surface area contributed by atoms with Crippen LogP contribution in [0.3, 0.4) is 0 Å². The molecule has 1 saturated heterocycles. The topological polar surface area (TPSA) is 109 Å². The van der Waals surface area contributed by atoms with Gasteiger partial charge in [0.15, 0.2) is 0 Å². The van der Waals surface area contributed by atoms with Crippen LogP contribution in [0.15, 0.2) is 18.5 Å². The second kappa shape index (κ2) is 7.10. The summed E-state index contributed by atoms with van der Waals surface area (Å²) in [5.41, 5.74) is 10.2. The third kappa shape index (κ3) is 2.88. The maximum Gasteiger partial charge on any atom is 0.410 e. The van der Waals surface area contributed by atoms with Crippen LogP contribution in [0.2, 0.25) is 10.0 Å². The molecule has 3 aromatic rings. The number of cyclic esters (lactones) is 1. The van der Waals surface area contributed by atoms with Gasteiger partial charge in [-0.15, -0.1) is 0 Å². The third-order valence-corrected chi connectivity index (χ3v) is 6.38. The smallest absolute Gasteiger partial charge is 0.410 e. The quantitative estimate of drug-likeness (QED) is 0.598. The monoisotopic (exact) mass is 448 g/mol. The molecule has 1 aromatic carbocycles. The summed E-state index contributed by atoms with van der Waals surface area (Å²) in [6, 6.07) is 1.64. The molecule has 2 aromatic heterocycles. The van der Waals surface area contributed by atoms with Crippen molar-refractivity contribution >= 4 is 51.8 Å². The number of amides is 2. The van der Waals surface area contributed by atoms with Crippen molar-refractivity contribution in [3.8, 4) is 11.1 Å². The number of benzene rings is 1. The van der Waals surface area contributed by atoms with E-state index in [9.17, 15) is 9.59 Å². The minimum Gasteiger partial charge on any atom is -0.448 e. The summed E-state index contributed by atoms with van der Waals surface area (Å²) in [5, 5.41) is 8.48. The minimum atomic E-state index is -0.456. The first-order valence-electron chi connectivity index (χ1n) is 9.43. The number of nitrogens with two attached hydrogens (primary N) is 1. The van der Waals surface area contributed by atoms with Gasteiger partial charge in [-0.3, -0.25) is 14.8 Å². The van der Waals surface area contributed by atoms with Crippen molar-refractivity contribution in [3.05, 3.63) is 34.2 Å². The largest absolute Gasteiger partial charge is 0.448 e. The number of fused-ring (bicyclic) bond motifs is 3. The number of carbonyl (C=O) groups is 2. The van der Waals surface area contributed by atoms with Gasteiger partial charge in [0.2, 0.25) is 5.91 Å².